The lowest BCUT2D eigenvalue weighted by molar-refractivity contribution is 0.727. The number of nitrogens with zero attached hydrogens (tertiary/aromatic N) is 5. The highest BCUT2D eigenvalue weighted by molar-refractivity contribution is 7.98. The van der Waals surface area contributed by atoms with Crippen molar-refractivity contribution in [3.63, 3.8) is 0 Å². The second kappa shape index (κ2) is 5.33. The maximum absolute atomic E-state index is 12.0. The van der Waals surface area contributed by atoms with E-state index in [0.29, 0.717) is 17.5 Å². The topological polar surface area (TPSA) is 65.1 Å². The predicted octanol–water partition coefficient (Wildman–Crippen LogP) is 1.67. The van der Waals surface area contributed by atoms with Crippen molar-refractivity contribution < 1.29 is 0 Å². The Balaban J connectivity index is 2.17. The molecule has 0 radical (unpaired) electrons. The third-order valence-corrected chi connectivity index (χ3v) is 3.77. The van der Waals surface area contributed by atoms with Gasteiger partial charge in [0.15, 0.2) is 0 Å². The van der Waals surface area contributed by atoms with Crippen molar-refractivity contribution in [2.24, 2.45) is 0 Å². The molecule has 0 aliphatic carbocycles. The Labute approximate surface area is 125 Å². The standard InChI is InChI=1S/C14H15N5OS/c1-9-4-11(7-15-6-9)8-18-10(2)5-12(20)19-14(18)16-13(17-19)21-3/h4-7H,8H2,1-3H3. The van der Waals surface area contributed by atoms with Gasteiger partial charge < -0.3 is 4.57 Å². The molecule has 7 heteroatoms. The fourth-order valence-electron chi connectivity index (χ4n) is 2.25. The molecule has 0 aromatic carbocycles. The van der Waals surface area contributed by atoms with Crippen LogP contribution in [0.3, 0.4) is 0 Å². The quantitative estimate of drug-likeness (QED) is 0.689. The number of hydrogen-bond donors (Lipinski definition) is 0. The molecule has 0 N–H and O–H groups in total. The third kappa shape index (κ3) is 2.56. The molecule has 0 bridgehead atoms. The molecule has 0 unspecified atom stereocenters. The highest BCUT2D eigenvalue weighted by Crippen LogP contribution is 2.13. The van der Waals surface area contributed by atoms with E-state index in [-0.39, 0.29) is 5.56 Å². The Morgan fingerprint density at radius 2 is 2.05 bits per heavy atom. The minimum absolute atomic E-state index is 0.158. The number of rotatable bonds is 3. The van der Waals surface area contributed by atoms with Gasteiger partial charge in [-0.3, -0.25) is 9.78 Å². The fourth-order valence-corrected chi connectivity index (χ4v) is 2.59. The van der Waals surface area contributed by atoms with Crippen LogP contribution in [0.1, 0.15) is 16.8 Å². The SMILES string of the molecule is CSc1nc2n(Cc3cncc(C)c3)c(C)cc(=O)n2n1. The third-order valence-electron chi connectivity index (χ3n) is 3.23. The van der Waals surface area contributed by atoms with E-state index in [2.05, 4.69) is 21.1 Å². The van der Waals surface area contributed by atoms with Gasteiger partial charge in [0, 0.05) is 24.2 Å². The molecule has 21 heavy (non-hydrogen) atoms. The lowest BCUT2D eigenvalue weighted by Gasteiger charge is -2.11. The molecule has 0 spiro atoms. The summed E-state index contributed by atoms with van der Waals surface area (Å²) in [7, 11) is 0. The summed E-state index contributed by atoms with van der Waals surface area (Å²) >= 11 is 1.42. The Morgan fingerprint density at radius 3 is 2.76 bits per heavy atom. The Hall–Kier alpha value is -2.15. The molecule has 0 aliphatic heterocycles. The molecule has 0 saturated heterocycles. The van der Waals surface area contributed by atoms with E-state index >= 15 is 0 Å². The maximum atomic E-state index is 12.0. The van der Waals surface area contributed by atoms with Gasteiger partial charge in [0.2, 0.25) is 10.9 Å². The number of hydrogen-bond acceptors (Lipinski definition) is 5. The molecule has 3 aromatic rings. The molecule has 0 saturated carbocycles. The van der Waals surface area contributed by atoms with Gasteiger partial charge >= 0.3 is 0 Å². The minimum Gasteiger partial charge on any atom is -0.310 e. The van der Waals surface area contributed by atoms with Gasteiger partial charge in [-0.2, -0.15) is 9.50 Å². The normalized spacial score (nSPS) is 11.2. The molecule has 0 fully saturated rings. The second-order valence-corrected chi connectivity index (χ2v) is 5.66. The molecule has 6 nitrogen and oxygen atoms in total. The van der Waals surface area contributed by atoms with Crippen molar-refractivity contribution in [2.45, 2.75) is 25.5 Å². The van der Waals surface area contributed by atoms with Gasteiger partial charge in [-0.05, 0) is 31.2 Å². The Bertz CT molecular complexity index is 867. The lowest BCUT2D eigenvalue weighted by Crippen LogP contribution is -2.20. The number of pyridine rings is 1. The van der Waals surface area contributed by atoms with E-state index in [0.717, 1.165) is 16.8 Å². The van der Waals surface area contributed by atoms with Gasteiger partial charge in [0.25, 0.3) is 5.56 Å². The Morgan fingerprint density at radius 1 is 1.24 bits per heavy atom. The highest BCUT2D eigenvalue weighted by atomic mass is 32.2. The molecule has 0 atom stereocenters. The second-order valence-electron chi connectivity index (χ2n) is 4.89. The highest BCUT2D eigenvalue weighted by Gasteiger charge is 2.12. The first-order valence-electron chi connectivity index (χ1n) is 6.50. The number of fused-ring (bicyclic) bond motifs is 1. The molecule has 108 valence electrons. The van der Waals surface area contributed by atoms with Crippen LogP contribution in [0.4, 0.5) is 0 Å². The molecular formula is C14H15N5OS. The van der Waals surface area contributed by atoms with E-state index < -0.39 is 0 Å². The zero-order chi connectivity index (χ0) is 15.0. The van der Waals surface area contributed by atoms with Crippen molar-refractivity contribution in [3.8, 4) is 0 Å². The Kier molecular flexibility index (Phi) is 3.50. The monoisotopic (exact) mass is 301 g/mol. The number of aromatic nitrogens is 5. The number of thioether (sulfide) groups is 1. The van der Waals surface area contributed by atoms with Crippen LogP contribution in [0.5, 0.6) is 0 Å². The zero-order valence-electron chi connectivity index (χ0n) is 12.1. The summed E-state index contributed by atoms with van der Waals surface area (Å²) in [6.45, 7) is 4.52. The van der Waals surface area contributed by atoms with Gasteiger partial charge in [-0.15, -0.1) is 5.10 Å². The van der Waals surface area contributed by atoms with Crippen LogP contribution in [-0.2, 0) is 6.54 Å². The van der Waals surface area contributed by atoms with E-state index in [1.807, 2.05) is 37.1 Å². The molecule has 0 amide bonds. The molecule has 0 aliphatic rings. The largest absolute Gasteiger partial charge is 0.310 e. The van der Waals surface area contributed by atoms with Crippen LogP contribution < -0.4 is 5.56 Å². The predicted molar refractivity (Wildman–Crippen MR) is 81.8 cm³/mol. The summed E-state index contributed by atoms with van der Waals surface area (Å²) in [4.78, 5) is 20.6. The van der Waals surface area contributed by atoms with E-state index in [4.69, 9.17) is 0 Å². The molecular weight excluding hydrogens is 286 g/mol. The summed E-state index contributed by atoms with van der Waals surface area (Å²) < 4.78 is 3.33. The van der Waals surface area contributed by atoms with Crippen LogP contribution in [0.15, 0.2) is 34.5 Å². The summed E-state index contributed by atoms with van der Waals surface area (Å²) in [6, 6.07) is 3.65. The first-order valence-corrected chi connectivity index (χ1v) is 7.72. The first-order chi connectivity index (χ1) is 10.1. The van der Waals surface area contributed by atoms with Crippen molar-refractivity contribution in [1.29, 1.82) is 0 Å². The maximum Gasteiger partial charge on any atom is 0.275 e. The summed E-state index contributed by atoms with van der Waals surface area (Å²) in [6.07, 6.45) is 5.54. The summed E-state index contributed by atoms with van der Waals surface area (Å²) in [5.41, 5.74) is 2.87. The average Bonchev–Trinajstić information content (AvgIpc) is 2.88. The first kappa shape index (κ1) is 13.8. The minimum atomic E-state index is -0.158. The van der Waals surface area contributed by atoms with Gasteiger partial charge in [0.1, 0.15) is 0 Å². The van der Waals surface area contributed by atoms with Crippen molar-refractivity contribution in [2.75, 3.05) is 6.26 Å². The molecule has 3 rings (SSSR count). The fraction of sp³-hybridized carbons (Fsp3) is 0.286. The van der Waals surface area contributed by atoms with Crippen LogP contribution in [0, 0.1) is 13.8 Å². The van der Waals surface area contributed by atoms with Gasteiger partial charge in [-0.1, -0.05) is 17.8 Å². The summed E-state index contributed by atoms with van der Waals surface area (Å²) in [5.74, 6) is 0.561. The van der Waals surface area contributed by atoms with E-state index in [9.17, 15) is 4.79 Å². The lowest BCUT2D eigenvalue weighted by atomic mass is 10.2. The zero-order valence-corrected chi connectivity index (χ0v) is 12.9. The van der Waals surface area contributed by atoms with Gasteiger partial charge in [-0.25, -0.2) is 0 Å². The van der Waals surface area contributed by atoms with Crippen LogP contribution in [0.25, 0.3) is 5.78 Å². The summed E-state index contributed by atoms with van der Waals surface area (Å²) in [5, 5.41) is 4.80. The molecule has 3 heterocycles. The average molecular weight is 301 g/mol. The molecule has 3 aromatic heterocycles. The smallest absolute Gasteiger partial charge is 0.275 e. The van der Waals surface area contributed by atoms with E-state index in [1.165, 1.54) is 16.3 Å². The van der Waals surface area contributed by atoms with Crippen LogP contribution in [-0.4, -0.2) is 30.4 Å². The van der Waals surface area contributed by atoms with Crippen molar-refractivity contribution in [3.05, 3.63) is 51.7 Å². The van der Waals surface area contributed by atoms with Crippen LogP contribution in [0.2, 0.25) is 0 Å². The van der Waals surface area contributed by atoms with Crippen molar-refractivity contribution >= 4 is 17.5 Å². The van der Waals surface area contributed by atoms with E-state index in [1.54, 1.807) is 6.07 Å². The number of aryl methyl sites for hydroxylation is 2. The van der Waals surface area contributed by atoms with Crippen molar-refractivity contribution in [1.82, 2.24) is 24.1 Å². The van der Waals surface area contributed by atoms with Crippen LogP contribution >= 0.6 is 11.8 Å². The van der Waals surface area contributed by atoms with Gasteiger partial charge in [0.05, 0.1) is 6.54 Å².